The molecule has 4 nitrogen and oxygen atoms in total. The molecule has 0 radical (unpaired) electrons. The predicted octanol–water partition coefficient (Wildman–Crippen LogP) is 1.61. The van der Waals surface area contributed by atoms with Crippen molar-refractivity contribution in [1.29, 1.82) is 0 Å². The van der Waals surface area contributed by atoms with Gasteiger partial charge in [-0.05, 0) is 24.1 Å². The van der Waals surface area contributed by atoms with Gasteiger partial charge in [0.25, 0.3) is 0 Å². The van der Waals surface area contributed by atoms with E-state index in [0.29, 0.717) is 11.6 Å². The van der Waals surface area contributed by atoms with Crippen molar-refractivity contribution in [1.82, 2.24) is 9.78 Å². The number of hydrogen-bond donors (Lipinski definition) is 2. The second-order valence-corrected chi connectivity index (χ2v) is 4.17. The maximum absolute atomic E-state index is 8.85. The molecule has 86 valence electrons. The third kappa shape index (κ3) is 1.91. The molecular weight excluding hydrogens is 226 g/mol. The lowest BCUT2D eigenvalue weighted by molar-refractivity contribution is 0.276. The lowest BCUT2D eigenvalue weighted by Crippen LogP contribution is -2.11. The van der Waals surface area contributed by atoms with Crippen molar-refractivity contribution in [3.63, 3.8) is 0 Å². The number of fused-ring (bicyclic) bond motifs is 1. The molecule has 5 heteroatoms. The summed E-state index contributed by atoms with van der Waals surface area (Å²) in [6, 6.07) is 5.66. The van der Waals surface area contributed by atoms with Gasteiger partial charge >= 0.3 is 0 Å². The van der Waals surface area contributed by atoms with E-state index < -0.39 is 0 Å². The minimum atomic E-state index is -0.161. The van der Waals surface area contributed by atoms with Crippen LogP contribution in [0.25, 0.3) is 10.9 Å². The summed E-state index contributed by atoms with van der Waals surface area (Å²) in [5, 5.41) is 14.4. The van der Waals surface area contributed by atoms with E-state index in [9.17, 15) is 0 Å². The van der Waals surface area contributed by atoms with E-state index in [1.807, 2.05) is 25.2 Å². The average Bonchev–Trinajstić information content (AvgIpc) is 2.55. The highest BCUT2D eigenvalue weighted by Crippen LogP contribution is 2.25. The number of rotatable bonds is 3. The molecule has 0 aliphatic rings. The van der Waals surface area contributed by atoms with Crippen LogP contribution in [-0.4, -0.2) is 21.5 Å². The maximum atomic E-state index is 8.85. The molecule has 0 bridgehead atoms. The van der Waals surface area contributed by atoms with Crippen LogP contribution in [0.2, 0.25) is 5.15 Å². The van der Waals surface area contributed by atoms with Gasteiger partial charge in [0.1, 0.15) is 0 Å². The number of nitrogens with two attached hydrogens (primary N) is 1. The number of benzene rings is 1. The molecule has 1 unspecified atom stereocenters. The number of aryl methyl sites for hydroxylation is 1. The number of nitrogens with zero attached hydrogens (tertiary/aromatic N) is 2. The predicted molar refractivity (Wildman–Crippen MR) is 64.4 cm³/mol. The normalized spacial score (nSPS) is 13.2. The van der Waals surface area contributed by atoms with Gasteiger partial charge in [-0.1, -0.05) is 17.7 Å². The Morgan fingerprint density at radius 2 is 2.31 bits per heavy atom. The Hall–Kier alpha value is -1.10. The molecule has 16 heavy (non-hydrogen) atoms. The van der Waals surface area contributed by atoms with Crippen LogP contribution in [0.5, 0.6) is 0 Å². The fourth-order valence-corrected chi connectivity index (χ4v) is 2.04. The second kappa shape index (κ2) is 4.41. The smallest absolute Gasteiger partial charge is 0.158 e. The van der Waals surface area contributed by atoms with Crippen LogP contribution < -0.4 is 5.73 Å². The number of aliphatic hydroxyl groups excluding tert-OH is 1. The molecule has 1 aromatic carbocycles. The molecule has 0 saturated heterocycles. The summed E-state index contributed by atoms with van der Waals surface area (Å²) in [4.78, 5) is 0. The van der Waals surface area contributed by atoms with Crippen LogP contribution in [-0.2, 0) is 7.05 Å². The molecule has 0 aliphatic carbocycles. The minimum Gasteiger partial charge on any atom is -0.396 e. The van der Waals surface area contributed by atoms with Gasteiger partial charge in [-0.15, -0.1) is 0 Å². The first kappa shape index (κ1) is 11.4. The molecule has 1 aromatic heterocycles. The van der Waals surface area contributed by atoms with Crippen LogP contribution in [0, 0.1) is 0 Å². The zero-order chi connectivity index (χ0) is 11.7. The molecule has 2 rings (SSSR count). The molecule has 0 saturated carbocycles. The SMILES string of the molecule is Cn1nc(Cl)c2cc(C(N)CCO)ccc21. The first-order valence-electron chi connectivity index (χ1n) is 5.12. The van der Waals surface area contributed by atoms with E-state index in [1.54, 1.807) is 4.68 Å². The molecule has 0 fully saturated rings. The van der Waals surface area contributed by atoms with Gasteiger partial charge in [0, 0.05) is 25.1 Å². The zero-order valence-corrected chi connectivity index (χ0v) is 9.78. The third-order valence-corrected chi connectivity index (χ3v) is 2.98. The Bertz CT molecular complexity index is 509. The molecule has 3 N–H and O–H groups in total. The Labute approximate surface area is 98.6 Å². The summed E-state index contributed by atoms with van der Waals surface area (Å²) in [7, 11) is 1.85. The summed E-state index contributed by atoms with van der Waals surface area (Å²) in [5.41, 5.74) is 7.87. The van der Waals surface area contributed by atoms with Crippen LogP contribution in [0.1, 0.15) is 18.0 Å². The van der Waals surface area contributed by atoms with Crippen molar-refractivity contribution in [3.8, 4) is 0 Å². The number of halogens is 1. The largest absolute Gasteiger partial charge is 0.396 e. The van der Waals surface area contributed by atoms with Crippen LogP contribution in [0.3, 0.4) is 0 Å². The van der Waals surface area contributed by atoms with Gasteiger partial charge in [-0.2, -0.15) is 5.10 Å². The Kier molecular flexibility index (Phi) is 3.14. The highest BCUT2D eigenvalue weighted by atomic mass is 35.5. The first-order chi connectivity index (χ1) is 7.63. The van der Waals surface area contributed by atoms with Crippen molar-refractivity contribution in [2.75, 3.05) is 6.61 Å². The second-order valence-electron chi connectivity index (χ2n) is 3.81. The van der Waals surface area contributed by atoms with Gasteiger partial charge in [-0.3, -0.25) is 4.68 Å². The highest BCUT2D eigenvalue weighted by Gasteiger charge is 2.10. The molecule has 2 aromatic rings. The van der Waals surface area contributed by atoms with Crippen molar-refractivity contribution in [3.05, 3.63) is 28.9 Å². The summed E-state index contributed by atoms with van der Waals surface area (Å²) in [6.45, 7) is 0.0833. The van der Waals surface area contributed by atoms with E-state index in [-0.39, 0.29) is 12.6 Å². The monoisotopic (exact) mass is 239 g/mol. The molecule has 0 amide bonds. The lowest BCUT2D eigenvalue weighted by Gasteiger charge is -2.10. The van der Waals surface area contributed by atoms with Crippen molar-refractivity contribution in [2.24, 2.45) is 12.8 Å². The molecule has 1 atom stereocenters. The molecule has 1 heterocycles. The quantitative estimate of drug-likeness (QED) is 0.855. The van der Waals surface area contributed by atoms with E-state index in [2.05, 4.69) is 5.10 Å². The van der Waals surface area contributed by atoms with E-state index in [4.69, 9.17) is 22.4 Å². The fourth-order valence-electron chi connectivity index (χ4n) is 1.78. The van der Waals surface area contributed by atoms with E-state index >= 15 is 0 Å². The van der Waals surface area contributed by atoms with Crippen LogP contribution in [0.4, 0.5) is 0 Å². The van der Waals surface area contributed by atoms with Gasteiger partial charge in [0.2, 0.25) is 0 Å². The van der Waals surface area contributed by atoms with Crippen LogP contribution in [0.15, 0.2) is 18.2 Å². The standard InChI is InChI=1S/C11H14ClN3O/c1-15-10-3-2-7(9(13)4-5-16)6-8(10)11(12)14-15/h2-3,6,9,16H,4-5,13H2,1H3. The van der Waals surface area contributed by atoms with E-state index in [1.165, 1.54) is 0 Å². The Balaban J connectivity index is 2.47. The molecule has 0 spiro atoms. The number of aliphatic hydroxyl groups is 1. The zero-order valence-electron chi connectivity index (χ0n) is 9.02. The first-order valence-corrected chi connectivity index (χ1v) is 5.50. The van der Waals surface area contributed by atoms with Crippen molar-refractivity contribution in [2.45, 2.75) is 12.5 Å². The van der Waals surface area contributed by atoms with Crippen molar-refractivity contribution < 1.29 is 5.11 Å². The fraction of sp³-hybridized carbons (Fsp3) is 0.364. The van der Waals surface area contributed by atoms with Gasteiger partial charge in [-0.25, -0.2) is 0 Å². The number of hydrogen-bond acceptors (Lipinski definition) is 3. The lowest BCUT2D eigenvalue weighted by atomic mass is 10.0. The molecular formula is C11H14ClN3O. The van der Waals surface area contributed by atoms with Crippen molar-refractivity contribution >= 4 is 22.5 Å². The average molecular weight is 240 g/mol. The van der Waals surface area contributed by atoms with Crippen LogP contribution >= 0.6 is 11.6 Å². The maximum Gasteiger partial charge on any atom is 0.158 e. The third-order valence-electron chi connectivity index (χ3n) is 2.70. The van der Waals surface area contributed by atoms with Gasteiger partial charge < -0.3 is 10.8 Å². The highest BCUT2D eigenvalue weighted by molar-refractivity contribution is 6.34. The summed E-state index contributed by atoms with van der Waals surface area (Å²) in [5.74, 6) is 0. The summed E-state index contributed by atoms with van der Waals surface area (Å²) < 4.78 is 1.74. The number of aromatic nitrogens is 2. The summed E-state index contributed by atoms with van der Waals surface area (Å²) >= 11 is 6.01. The Morgan fingerprint density at radius 1 is 1.56 bits per heavy atom. The minimum absolute atomic E-state index is 0.0833. The topological polar surface area (TPSA) is 64.1 Å². The van der Waals surface area contributed by atoms with Gasteiger partial charge in [0.15, 0.2) is 5.15 Å². The molecule has 0 aliphatic heterocycles. The van der Waals surface area contributed by atoms with Gasteiger partial charge in [0.05, 0.1) is 5.52 Å². The summed E-state index contributed by atoms with van der Waals surface area (Å²) in [6.07, 6.45) is 0.545. The Morgan fingerprint density at radius 3 is 3.00 bits per heavy atom. The van der Waals surface area contributed by atoms with E-state index in [0.717, 1.165) is 16.5 Å².